The number of halogens is 1. The molecule has 114 valence electrons. The van der Waals surface area contributed by atoms with Gasteiger partial charge >= 0.3 is 12.0 Å². The molecule has 0 aliphatic rings. The molecule has 0 saturated heterocycles. The number of urea groups is 1. The number of imide groups is 1. The first-order valence-corrected chi connectivity index (χ1v) is 7.37. The second-order valence-corrected chi connectivity index (χ2v) is 6.64. The molecular formula is C11H11ClN2O6S. The highest BCUT2D eigenvalue weighted by Gasteiger charge is 2.32. The van der Waals surface area contributed by atoms with E-state index in [-0.39, 0.29) is 10.6 Å². The topological polar surface area (TPSA) is 144 Å². The molecule has 0 spiro atoms. The Morgan fingerprint density at radius 1 is 1.33 bits per heavy atom. The van der Waals surface area contributed by atoms with Crippen LogP contribution >= 0.6 is 11.6 Å². The number of carbonyl (C=O) groups excluding carboxylic acids is 2. The number of primary amides is 1. The summed E-state index contributed by atoms with van der Waals surface area (Å²) in [6, 6.07) is 1.86. The summed E-state index contributed by atoms with van der Waals surface area (Å²) >= 11 is 5.74. The molecule has 21 heavy (non-hydrogen) atoms. The van der Waals surface area contributed by atoms with Gasteiger partial charge in [-0.3, -0.25) is 10.1 Å². The minimum Gasteiger partial charge on any atom is -0.478 e. The summed E-state index contributed by atoms with van der Waals surface area (Å²) in [6.45, 7) is 1.03. The summed E-state index contributed by atoms with van der Waals surface area (Å²) in [4.78, 5) is 32.5. The van der Waals surface area contributed by atoms with Crippen molar-refractivity contribution in [3.05, 3.63) is 28.8 Å². The molecule has 0 aromatic heterocycles. The first kappa shape index (κ1) is 16.9. The molecule has 0 bridgehead atoms. The van der Waals surface area contributed by atoms with Gasteiger partial charge in [-0.15, -0.1) is 0 Å². The number of amides is 3. The van der Waals surface area contributed by atoms with Gasteiger partial charge < -0.3 is 10.8 Å². The predicted octanol–water partition coefficient (Wildman–Crippen LogP) is 0.395. The second-order valence-electron chi connectivity index (χ2n) is 3.99. The molecule has 4 N–H and O–H groups in total. The van der Waals surface area contributed by atoms with Gasteiger partial charge in [0, 0.05) is 0 Å². The normalized spacial score (nSPS) is 12.5. The standard InChI is InChI=1S/C11H11ClN2O6S/c1-5(9(15)14-11(13)18)21(19,20)8-4-6(10(16)17)2-3-7(8)12/h2-5H,1H3,(H,16,17)(H3,13,14,15,18). The minimum atomic E-state index is -4.29. The van der Waals surface area contributed by atoms with Crippen molar-refractivity contribution in [2.75, 3.05) is 0 Å². The molecule has 0 saturated carbocycles. The largest absolute Gasteiger partial charge is 0.478 e. The Morgan fingerprint density at radius 3 is 2.38 bits per heavy atom. The first-order chi connectivity index (χ1) is 9.57. The fraction of sp³-hybridized carbons (Fsp3) is 0.182. The Kier molecular flexibility index (Phi) is 4.92. The summed E-state index contributed by atoms with van der Waals surface area (Å²) in [5.74, 6) is -2.49. The molecule has 1 atom stereocenters. The van der Waals surface area contributed by atoms with Crippen LogP contribution in [-0.4, -0.2) is 36.7 Å². The molecule has 0 aliphatic carbocycles. The van der Waals surface area contributed by atoms with Crippen molar-refractivity contribution < 1.29 is 27.9 Å². The van der Waals surface area contributed by atoms with Crippen molar-refractivity contribution in [2.45, 2.75) is 17.1 Å². The van der Waals surface area contributed by atoms with Crippen LogP contribution in [0.2, 0.25) is 5.02 Å². The van der Waals surface area contributed by atoms with Crippen LogP contribution in [0, 0.1) is 0 Å². The number of hydrogen-bond donors (Lipinski definition) is 3. The zero-order chi connectivity index (χ0) is 16.4. The average Bonchev–Trinajstić information content (AvgIpc) is 2.36. The van der Waals surface area contributed by atoms with E-state index in [0.29, 0.717) is 0 Å². The summed E-state index contributed by atoms with van der Waals surface area (Å²) < 4.78 is 24.5. The second kappa shape index (κ2) is 6.10. The van der Waals surface area contributed by atoms with Gasteiger partial charge in [0.2, 0.25) is 5.91 Å². The summed E-state index contributed by atoms with van der Waals surface area (Å²) in [5, 5.41) is 8.58. The molecule has 0 heterocycles. The molecule has 0 aliphatic heterocycles. The van der Waals surface area contributed by atoms with Crippen LogP contribution in [-0.2, 0) is 14.6 Å². The molecule has 3 amide bonds. The molecule has 1 aromatic rings. The van der Waals surface area contributed by atoms with E-state index in [1.165, 1.54) is 0 Å². The van der Waals surface area contributed by atoms with Crippen LogP contribution in [0.15, 0.2) is 23.1 Å². The van der Waals surface area contributed by atoms with Crippen molar-refractivity contribution in [3.63, 3.8) is 0 Å². The Labute approximate surface area is 124 Å². The maximum absolute atomic E-state index is 12.3. The number of nitrogens with two attached hydrogens (primary N) is 1. The third kappa shape index (κ3) is 3.70. The van der Waals surface area contributed by atoms with Gasteiger partial charge in [-0.25, -0.2) is 18.0 Å². The number of carboxylic acid groups (broad SMARTS) is 1. The van der Waals surface area contributed by atoms with Crippen molar-refractivity contribution in [3.8, 4) is 0 Å². The number of rotatable bonds is 4. The maximum Gasteiger partial charge on any atom is 0.335 e. The highest BCUT2D eigenvalue weighted by molar-refractivity contribution is 7.93. The molecule has 0 radical (unpaired) electrons. The molecule has 1 unspecified atom stereocenters. The van der Waals surface area contributed by atoms with E-state index in [2.05, 4.69) is 0 Å². The Balaban J connectivity index is 3.30. The van der Waals surface area contributed by atoms with Gasteiger partial charge in [0.05, 0.1) is 15.5 Å². The third-order valence-electron chi connectivity index (χ3n) is 2.57. The minimum absolute atomic E-state index is 0.237. The van der Waals surface area contributed by atoms with E-state index >= 15 is 0 Å². The number of benzene rings is 1. The van der Waals surface area contributed by atoms with Gasteiger partial charge in [0.15, 0.2) is 9.84 Å². The van der Waals surface area contributed by atoms with Crippen LogP contribution in [0.5, 0.6) is 0 Å². The van der Waals surface area contributed by atoms with Crippen LogP contribution in [0.1, 0.15) is 17.3 Å². The lowest BCUT2D eigenvalue weighted by Gasteiger charge is -2.13. The van der Waals surface area contributed by atoms with E-state index in [9.17, 15) is 22.8 Å². The Morgan fingerprint density at radius 2 is 1.90 bits per heavy atom. The average molecular weight is 335 g/mol. The molecule has 10 heteroatoms. The van der Waals surface area contributed by atoms with Crippen molar-refractivity contribution >= 4 is 39.3 Å². The number of aromatic carboxylic acids is 1. The number of hydrogen-bond acceptors (Lipinski definition) is 5. The quantitative estimate of drug-likeness (QED) is 0.726. The highest BCUT2D eigenvalue weighted by Crippen LogP contribution is 2.26. The van der Waals surface area contributed by atoms with E-state index in [1.54, 1.807) is 5.32 Å². The smallest absolute Gasteiger partial charge is 0.335 e. The summed E-state index contributed by atoms with van der Waals surface area (Å²) in [5.41, 5.74) is 4.43. The van der Waals surface area contributed by atoms with Crippen LogP contribution in [0.4, 0.5) is 4.79 Å². The van der Waals surface area contributed by atoms with Crippen molar-refractivity contribution in [1.29, 1.82) is 0 Å². The SMILES string of the molecule is CC(C(=O)NC(N)=O)S(=O)(=O)c1cc(C(=O)O)ccc1Cl. The lowest BCUT2D eigenvalue weighted by Crippen LogP contribution is -2.43. The first-order valence-electron chi connectivity index (χ1n) is 5.44. The van der Waals surface area contributed by atoms with Crippen LogP contribution in [0.3, 0.4) is 0 Å². The number of carboxylic acids is 1. The number of sulfone groups is 1. The highest BCUT2D eigenvalue weighted by atomic mass is 35.5. The van der Waals surface area contributed by atoms with Crippen LogP contribution < -0.4 is 11.1 Å². The van der Waals surface area contributed by atoms with Gasteiger partial charge in [-0.2, -0.15) is 0 Å². The van der Waals surface area contributed by atoms with Gasteiger partial charge in [-0.1, -0.05) is 11.6 Å². The van der Waals surface area contributed by atoms with Gasteiger partial charge in [0.25, 0.3) is 0 Å². The number of carbonyl (C=O) groups is 3. The Bertz CT molecular complexity index is 715. The number of nitrogens with one attached hydrogen (secondary N) is 1. The van der Waals surface area contributed by atoms with Gasteiger partial charge in [0.1, 0.15) is 5.25 Å². The fourth-order valence-corrected chi connectivity index (χ4v) is 3.20. The zero-order valence-electron chi connectivity index (χ0n) is 10.7. The Hall–Kier alpha value is -2.13. The predicted molar refractivity (Wildman–Crippen MR) is 72.8 cm³/mol. The molecule has 1 aromatic carbocycles. The monoisotopic (exact) mass is 334 g/mol. The lowest BCUT2D eigenvalue weighted by atomic mass is 10.2. The van der Waals surface area contributed by atoms with E-state index in [1.807, 2.05) is 0 Å². The van der Waals surface area contributed by atoms with Gasteiger partial charge in [-0.05, 0) is 25.1 Å². The zero-order valence-corrected chi connectivity index (χ0v) is 12.2. The van der Waals surface area contributed by atoms with E-state index < -0.39 is 37.9 Å². The lowest BCUT2D eigenvalue weighted by molar-refractivity contribution is -0.119. The summed E-state index contributed by atoms with van der Waals surface area (Å²) in [6.07, 6.45) is 0. The van der Waals surface area contributed by atoms with Crippen molar-refractivity contribution in [1.82, 2.24) is 5.32 Å². The summed E-state index contributed by atoms with van der Waals surface area (Å²) in [7, 11) is -4.29. The molecule has 1 rings (SSSR count). The van der Waals surface area contributed by atoms with Crippen LogP contribution in [0.25, 0.3) is 0 Å². The molecule has 8 nitrogen and oxygen atoms in total. The molecular weight excluding hydrogens is 324 g/mol. The van der Waals surface area contributed by atoms with E-state index in [0.717, 1.165) is 25.1 Å². The fourth-order valence-electron chi connectivity index (χ4n) is 1.41. The van der Waals surface area contributed by atoms with E-state index in [4.69, 9.17) is 22.4 Å². The maximum atomic E-state index is 12.3. The van der Waals surface area contributed by atoms with Crippen molar-refractivity contribution in [2.24, 2.45) is 5.73 Å². The third-order valence-corrected chi connectivity index (χ3v) is 5.10. The molecule has 0 fully saturated rings.